The summed E-state index contributed by atoms with van der Waals surface area (Å²) in [5.41, 5.74) is 3.80. The molecule has 0 bridgehead atoms. The lowest BCUT2D eigenvalue weighted by Crippen LogP contribution is -2.16. The van der Waals surface area contributed by atoms with Crippen molar-refractivity contribution in [2.24, 2.45) is 5.73 Å². The summed E-state index contributed by atoms with van der Waals surface area (Å²) in [4.78, 5) is 18.9. The molecule has 0 aliphatic rings. The highest BCUT2D eigenvalue weighted by molar-refractivity contribution is 6.31. The van der Waals surface area contributed by atoms with Crippen LogP contribution in [0, 0.1) is 12.7 Å². The molecule has 0 saturated carbocycles. The minimum atomic E-state index is -2.94. The Morgan fingerprint density at radius 3 is 2.62 bits per heavy atom. The Bertz CT molecular complexity index is 722. The summed E-state index contributed by atoms with van der Waals surface area (Å²) >= 11 is 5.61. The van der Waals surface area contributed by atoms with Crippen molar-refractivity contribution in [1.82, 2.24) is 9.97 Å². The first kappa shape index (κ1) is 15.2. The van der Waals surface area contributed by atoms with Gasteiger partial charge >= 0.3 is 0 Å². The van der Waals surface area contributed by atoms with Crippen LogP contribution in [-0.4, -0.2) is 15.9 Å². The molecule has 0 fully saturated rings. The Hall–Kier alpha value is -2.15. The van der Waals surface area contributed by atoms with Gasteiger partial charge in [-0.15, -0.1) is 0 Å². The topological polar surface area (TPSA) is 68.9 Å². The molecule has 21 heavy (non-hydrogen) atoms. The van der Waals surface area contributed by atoms with Gasteiger partial charge in [0.1, 0.15) is 5.69 Å². The zero-order chi connectivity index (χ0) is 15.7. The molecule has 0 aliphatic heterocycles. The fourth-order valence-electron chi connectivity index (χ4n) is 1.81. The Morgan fingerprint density at radius 1 is 1.38 bits per heavy atom. The van der Waals surface area contributed by atoms with E-state index >= 15 is 0 Å². The van der Waals surface area contributed by atoms with E-state index in [4.69, 9.17) is 17.3 Å². The zero-order valence-electron chi connectivity index (χ0n) is 10.7. The molecular formula is C13H9ClF3N3O. The van der Waals surface area contributed by atoms with Gasteiger partial charge in [0.15, 0.2) is 5.82 Å². The normalized spacial score (nSPS) is 11.0. The van der Waals surface area contributed by atoms with Crippen molar-refractivity contribution < 1.29 is 18.0 Å². The van der Waals surface area contributed by atoms with Crippen LogP contribution in [-0.2, 0) is 0 Å². The number of nitrogens with two attached hydrogens (primary N) is 1. The van der Waals surface area contributed by atoms with Crippen molar-refractivity contribution in [3.05, 3.63) is 46.1 Å². The van der Waals surface area contributed by atoms with Crippen LogP contribution in [0.5, 0.6) is 0 Å². The molecule has 0 unspecified atom stereocenters. The Kier molecular flexibility index (Phi) is 4.13. The van der Waals surface area contributed by atoms with Gasteiger partial charge < -0.3 is 5.73 Å². The van der Waals surface area contributed by atoms with E-state index in [2.05, 4.69) is 9.97 Å². The summed E-state index contributed by atoms with van der Waals surface area (Å²) in [6.45, 7) is 1.47. The van der Waals surface area contributed by atoms with Crippen molar-refractivity contribution in [2.75, 3.05) is 0 Å². The smallest absolute Gasteiger partial charge is 0.269 e. The SMILES string of the molecule is Cc1ncc(-c2c(C(F)F)ccc(Cl)c2F)nc1C(N)=O. The van der Waals surface area contributed by atoms with Gasteiger partial charge in [-0.05, 0) is 13.0 Å². The molecule has 1 heterocycles. The van der Waals surface area contributed by atoms with Gasteiger partial charge in [0, 0.05) is 11.1 Å². The first-order chi connectivity index (χ1) is 9.82. The van der Waals surface area contributed by atoms with Crippen LogP contribution in [0.4, 0.5) is 13.2 Å². The summed E-state index contributed by atoms with van der Waals surface area (Å²) in [5.74, 6) is -1.94. The molecule has 0 saturated heterocycles. The molecule has 8 heteroatoms. The standard InChI is InChI=1S/C13H9ClF3N3O/c1-5-11(13(18)21)20-8(4-19-5)9-6(12(16)17)2-3-7(14)10(9)15/h2-4,12H,1H3,(H2,18,21). The van der Waals surface area contributed by atoms with E-state index in [1.165, 1.54) is 6.92 Å². The van der Waals surface area contributed by atoms with Gasteiger partial charge in [-0.25, -0.2) is 18.2 Å². The minimum absolute atomic E-state index is 0.215. The van der Waals surface area contributed by atoms with Gasteiger partial charge in [0.2, 0.25) is 0 Å². The van der Waals surface area contributed by atoms with Crippen LogP contribution in [0.3, 0.4) is 0 Å². The van der Waals surface area contributed by atoms with Gasteiger partial charge in [-0.1, -0.05) is 17.7 Å². The van der Waals surface area contributed by atoms with Crippen LogP contribution in [0.2, 0.25) is 5.02 Å². The summed E-state index contributed by atoms with van der Waals surface area (Å²) in [5, 5.41) is -0.336. The quantitative estimate of drug-likeness (QED) is 0.945. The van der Waals surface area contributed by atoms with Crippen LogP contribution in [0.1, 0.15) is 28.2 Å². The van der Waals surface area contributed by atoms with Crippen molar-refractivity contribution >= 4 is 17.5 Å². The predicted molar refractivity (Wildman–Crippen MR) is 70.6 cm³/mol. The summed E-state index contributed by atoms with van der Waals surface area (Å²) < 4.78 is 40.1. The van der Waals surface area contributed by atoms with E-state index in [9.17, 15) is 18.0 Å². The molecule has 0 radical (unpaired) electrons. The summed E-state index contributed by atoms with van der Waals surface area (Å²) in [7, 11) is 0. The number of benzene rings is 1. The molecule has 110 valence electrons. The van der Waals surface area contributed by atoms with Crippen molar-refractivity contribution in [2.45, 2.75) is 13.3 Å². The second-order valence-corrected chi connectivity index (χ2v) is 4.59. The lowest BCUT2D eigenvalue weighted by atomic mass is 10.0. The molecule has 2 aromatic rings. The fourth-order valence-corrected chi connectivity index (χ4v) is 1.97. The van der Waals surface area contributed by atoms with E-state index in [1.807, 2.05) is 0 Å². The van der Waals surface area contributed by atoms with Crippen molar-refractivity contribution in [3.8, 4) is 11.3 Å². The third kappa shape index (κ3) is 2.82. The molecule has 0 aliphatic carbocycles. The number of rotatable bonds is 3. The Balaban J connectivity index is 2.75. The van der Waals surface area contributed by atoms with Crippen LogP contribution < -0.4 is 5.73 Å². The average molecular weight is 316 g/mol. The number of aryl methyl sites for hydroxylation is 1. The molecule has 4 nitrogen and oxygen atoms in total. The summed E-state index contributed by atoms with van der Waals surface area (Å²) in [6.07, 6.45) is -1.85. The Labute approximate surface area is 122 Å². The van der Waals surface area contributed by atoms with Gasteiger partial charge in [0.05, 0.1) is 22.6 Å². The van der Waals surface area contributed by atoms with E-state index in [1.54, 1.807) is 0 Å². The Morgan fingerprint density at radius 2 is 2.05 bits per heavy atom. The lowest BCUT2D eigenvalue weighted by Gasteiger charge is -2.11. The first-order valence-electron chi connectivity index (χ1n) is 5.72. The monoisotopic (exact) mass is 315 g/mol. The average Bonchev–Trinajstić information content (AvgIpc) is 2.42. The maximum atomic E-state index is 14.1. The number of carbonyl (C=O) groups excluding carboxylic acids is 1. The lowest BCUT2D eigenvalue weighted by molar-refractivity contribution is 0.0994. The maximum Gasteiger partial charge on any atom is 0.269 e. The molecule has 1 amide bonds. The van der Waals surface area contributed by atoms with Crippen molar-refractivity contribution in [1.29, 1.82) is 0 Å². The van der Waals surface area contributed by atoms with Crippen molar-refractivity contribution in [3.63, 3.8) is 0 Å². The van der Waals surface area contributed by atoms with E-state index in [-0.39, 0.29) is 22.1 Å². The number of hydrogen-bond donors (Lipinski definition) is 1. The van der Waals surface area contributed by atoms with E-state index in [0.29, 0.717) is 0 Å². The minimum Gasteiger partial charge on any atom is -0.364 e. The number of amides is 1. The maximum absolute atomic E-state index is 14.1. The molecule has 1 aromatic carbocycles. The fraction of sp³-hybridized carbons (Fsp3) is 0.154. The van der Waals surface area contributed by atoms with Crippen LogP contribution in [0.25, 0.3) is 11.3 Å². The molecular weight excluding hydrogens is 307 g/mol. The number of alkyl halides is 2. The van der Waals surface area contributed by atoms with Gasteiger partial charge in [0.25, 0.3) is 12.3 Å². The number of carbonyl (C=O) groups is 1. The molecule has 1 aromatic heterocycles. The molecule has 0 atom stereocenters. The van der Waals surface area contributed by atoms with Crippen LogP contribution >= 0.6 is 11.6 Å². The number of halogens is 4. The van der Waals surface area contributed by atoms with E-state index in [0.717, 1.165) is 18.3 Å². The van der Waals surface area contributed by atoms with E-state index < -0.39 is 29.3 Å². The molecule has 2 N–H and O–H groups in total. The highest BCUT2D eigenvalue weighted by Crippen LogP contribution is 2.35. The number of nitrogens with zero attached hydrogens (tertiary/aromatic N) is 2. The van der Waals surface area contributed by atoms with Gasteiger partial charge in [-0.3, -0.25) is 9.78 Å². The second-order valence-electron chi connectivity index (χ2n) is 4.18. The molecule has 2 rings (SSSR count). The number of aromatic nitrogens is 2. The van der Waals surface area contributed by atoms with Gasteiger partial charge in [-0.2, -0.15) is 0 Å². The molecule has 0 spiro atoms. The highest BCUT2D eigenvalue weighted by Gasteiger charge is 2.22. The number of primary amides is 1. The third-order valence-electron chi connectivity index (χ3n) is 2.81. The van der Waals surface area contributed by atoms with Crippen LogP contribution in [0.15, 0.2) is 18.3 Å². The largest absolute Gasteiger partial charge is 0.364 e. The third-order valence-corrected chi connectivity index (χ3v) is 3.10. The predicted octanol–water partition coefficient (Wildman–Crippen LogP) is 3.28. The number of hydrogen-bond acceptors (Lipinski definition) is 3. The zero-order valence-corrected chi connectivity index (χ0v) is 11.5. The first-order valence-corrected chi connectivity index (χ1v) is 6.10. The second kappa shape index (κ2) is 5.69. The highest BCUT2D eigenvalue weighted by atomic mass is 35.5. The summed E-state index contributed by atoms with van der Waals surface area (Å²) in [6, 6.07) is 2.02.